The van der Waals surface area contributed by atoms with Crippen LogP contribution in [-0.4, -0.2) is 34.8 Å². The van der Waals surface area contributed by atoms with Gasteiger partial charge in [-0.25, -0.2) is 4.68 Å². The van der Waals surface area contributed by atoms with Gasteiger partial charge in [-0.15, -0.1) is 0 Å². The minimum Gasteiger partial charge on any atom is -0.382 e. The molecule has 0 spiro atoms. The number of hydrogen-bond donors (Lipinski definition) is 3. The van der Waals surface area contributed by atoms with Crippen LogP contribution in [0.1, 0.15) is 20.3 Å². The van der Waals surface area contributed by atoms with Crippen molar-refractivity contribution in [3.63, 3.8) is 0 Å². The summed E-state index contributed by atoms with van der Waals surface area (Å²) in [5.41, 5.74) is 5.64. The molecule has 1 amide bonds. The zero-order valence-electron chi connectivity index (χ0n) is 11.3. The summed E-state index contributed by atoms with van der Waals surface area (Å²) in [6, 6.07) is 1.49. The van der Waals surface area contributed by atoms with Gasteiger partial charge in [0.1, 0.15) is 6.54 Å². The highest BCUT2D eigenvalue weighted by atomic mass is 16.2. The minimum absolute atomic E-state index is 0.0691. The van der Waals surface area contributed by atoms with Crippen molar-refractivity contribution in [2.45, 2.75) is 32.9 Å². The summed E-state index contributed by atoms with van der Waals surface area (Å²) in [6.45, 7) is 4.86. The van der Waals surface area contributed by atoms with Gasteiger partial charge in [-0.1, -0.05) is 6.92 Å². The number of nitrogens with one attached hydrogen (secondary N) is 2. The topological polar surface area (TPSA) is 102 Å². The molecule has 0 aliphatic rings. The average molecular weight is 267 g/mol. The largest absolute Gasteiger partial charge is 0.382 e. The van der Waals surface area contributed by atoms with E-state index in [-0.39, 0.29) is 24.1 Å². The van der Waals surface area contributed by atoms with Gasteiger partial charge in [-0.05, 0) is 13.3 Å². The van der Waals surface area contributed by atoms with Crippen LogP contribution in [0.3, 0.4) is 0 Å². The Labute approximate surface area is 112 Å². The van der Waals surface area contributed by atoms with Crippen LogP contribution in [0.5, 0.6) is 0 Å². The first-order valence-corrected chi connectivity index (χ1v) is 6.37. The maximum absolute atomic E-state index is 11.7. The smallest absolute Gasteiger partial charge is 0.269 e. The second-order valence-electron chi connectivity index (χ2n) is 4.33. The van der Waals surface area contributed by atoms with E-state index in [2.05, 4.69) is 15.7 Å². The Kier molecular flexibility index (Phi) is 6.01. The number of aromatic nitrogens is 2. The molecule has 1 aromatic rings. The summed E-state index contributed by atoms with van der Waals surface area (Å²) < 4.78 is 1.13. The van der Waals surface area contributed by atoms with Gasteiger partial charge >= 0.3 is 0 Å². The molecule has 0 aliphatic heterocycles. The summed E-state index contributed by atoms with van der Waals surface area (Å²) in [5.74, 6) is -0.216. The second-order valence-corrected chi connectivity index (χ2v) is 4.33. The summed E-state index contributed by atoms with van der Waals surface area (Å²) in [7, 11) is 0. The highest BCUT2D eigenvalue weighted by molar-refractivity contribution is 5.75. The molecule has 19 heavy (non-hydrogen) atoms. The van der Waals surface area contributed by atoms with Crippen molar-refractivity contribution < 1.29 is 4.79 Å². The Bertz CT molecular complexity index is 471. The maximum atomic E-state index is 11.7. The number of anilines is 1. The average Bonchev–Trinajstić information content (AvgIpc) is 2.39. The van der Waals surface area contributed by atoms with Crippen LogP contribution in [-0.2, 0) is 11.3 Å². The molecular formula is C12H21N5O2. The lowest BCUT2D eigenvalue weighted by Crippen LogP contribution is -2.37. The van der Waals surface area contributed by atoms with Crippen molar-refractivity contribution in [1.82, 2.24) is 15.1 Å². The van der Waals surface area contributed by atoms with E-state index in [1.807, 2.05) is 13.8 Å². The van der Waals surface area contributed by atoms with Crippen molar-refractivity contribution in [3.05, 3.63) is 22.6 Å². The molecule has 1 atom stereocenters. The van der Waals surface area contributed by atoms with Crippen molar-refractivity contribution >= 4 is 11.6 Å². The van der Waals surface area contributed by atoms with Gasteiger partial charge in [0.05, 0.1) is 11.9 Å². The molecule has 0 aliphatic carbocycles. The lowest BCUT2D eigenvalue weighted by Gasteiger charge is -2.12. The molecule has 1 aromatic heterocycles. The Morgan fingerprint density at radius 3 is 2.89 bits per heavy atom. The van der Waals surface area contributed by atoms with Crippen molar-refractivity contribution in [3.8, 4) is 0 Å². The number of nitrogens with two attached hydrogens (primary N) is 1. The first kappa shape index (κ1) is 15.2. The fourth-order valence-corrected chi connectivity index (χ4v) is 1.42. The SMILES string of the molecule is CCC(C)NC(=O)Cn1ncc(NCCN)cc1=O. The number of hydrogen-bond acceptors (Lipinski definition) is 5. The molecule has 0 fully saturated rings. The lowest BCUT2D eigenvalue weighted by molar-refractivity contribution is -0.122. The standard InChI is InChI=1S/C12H21N5O2/c1-3-9(2)16-11(18)8-17-12(19)6-10(7-15-17)14-5-4-13/h6-7,9,14H,3-5,8,13H2,1-2H3,(H,16,18). The Balaban J connectivity index is 2.64. The monoisotopic (exact) mass is 267 g/mol. The van der Waals surface area contributed by atoms with Crippen LogP contribution in [0.4, 0.5) is 5.69 Å². The molecule has 1 heterocycles. The first-order valence-electron chi connectivity index (χ1n) is 6.37. The fraction of sp³-hybridized carbons (Fsp3) is 0.583. The summed E-state index contributed by atoms with van der Waals surface area (Å²) in [5, 5.41) is 9.68. The van der Waals surface area contributed by atoms with E-state index in [0.29, 0.717) is 18.8 Å². The third-order valence-electron chi connectivity index (χ3n) is 2.66. The highest BCUT2D eigenvalue weighted by Gasteiger charge is 2.08. The van der Waals surface area contributed by atoms with Gasteiger partial charge in [-0.2, -0.15) is 5.10 Å². The molecule has 0 radical (unpaired) electrons. The molecule has 0 saturated carbocycles. The van der Waals surface area contributed by atoms with Crippen LogP contribution in [0, 0.1) is 0 Å². The van der Waals surface area contributed by atoms with Gasteiger partial charge in [0.25, 0.3) is 5.56 Å². The highest BCUT2D eigenvalue weighted by Crippen LogP contribution is 1.98. The summed E-state index contributed by atoms with van der Waals surface area (Å²) in [4.78, 5) is 23.4. The van der Waals surface area contributed by atoms with Crippen LogP contribution in [0.2, 0.25) is 0 Å². The molecule has 1 rings (SSSR count). The van der Waals surface area contributed by atoms with E-state index in [1.54, 1.807) is 0 Å². The molecule has 106 valence electrons. The van der Waals surface area contributed by atoms with Crippen LogP contribution in [0.15, 0.2) is 17.1 Å². The number of amides is 1. The number of carbonyl (C=O) groups excluding carboxylic acids is 1. The molecule has 0 bridgehead atoms. The van der Waals surface area contributed by atoms with E-state index in [4.69, 9.17) is 5.73 Å². The minimum atomic E-state index is -0.318. The molecule has 1 unspecified atom stereocenters. The van der Waals surface area contributed by atoms with Gasteiger partial charge in [-0.3, -0.25) is 9.59 Å². The molecule has 0 saturated heterocycles. The van der Waals surface area contributed by atoms with Crippen LogP contribution in [0.25, 0.3) is 0 Å². The fourth-order valence-electron chi connectivity index (χ4n) is 1.42. The molecule has 4 N–H and O–H groups in total. The number of nitrogens with zero attached hydrogens (tertiary/aromatic N) is 2. The van der Waals surface area contributed by atoms with Crippen LogP contribution >= 0.6 is 0 Å². The predicted octanol–water partition coefficient (Wildman–Crippen LogP) is -0.471. The second kappa shape index (κ2) is 7.52. The van der Waals surface area contributed by atoms with Crippen molar-refractivity contribution in [2.75, 3.05) is 18.4 Å². The summed E-state index contributed by atoms with van der Waals surface area (Å²) in [6.07, 6.45) is 2.35. The Morgan fingerprint density at radius 2 is 2.32 bits per heavy atom. The van der Waals surface area contributed by atoms with Gasteiger partial charge in [0.2, 0.25) is 5.91 Å². The normalized spacial score (nSPS) is 11.9. The quantitative estimate of drug-likeness (QED) is 0.620. The zero-order chi connectivity index (χ0) is 14.3. The molecule has 0 aromatic carbocycles. The van der Waals surface area contributed by atoms with E-state index >= 15 is 0 Å². The van der Waals surface area contributed by atoms with Gasteiger partial charge in [0.15, 0.2) is 0 Å². The van der Waals surface area contributed by atoms with E-state index in [0.717, 1.165) is 11.1 Å². The number of carbonyl (C=O) groups is 1. The van der Waals surface area contributed by atoms with Gasteiger partial charge < -0.3 is 16.4 Å². The van der Waals surface area contributed by atoms with Crippen molar-refractivity contribution in [1.29, 1.82) is 0 Å². The zero-order valence-corrected chi connectivity index (χ0v) is 11.3. The van der Waals surface area contributed by atoms with E-state index in [1.165, 1.54) is 12.3 Å². The molecule has 7 nitrogen and oxygen atoms in total. The number of rotatable bonds is 7. The molecule has 7 heteroatoms. The Morgan fingerprint density at radius 1 is 1.58 bits per heavy atom. The maximum Gasteiger partial charge on any atom is 0.269 e. The predicted molar refractivity (Wildman–Crippen MR) is 73.9 cm³/mol. The van der Waals surface area contributed by atoms with Crippen LogP contribution < -0.4 is 21.9 Å². The Hall–Kier alpha value is -1.89. The third kappa shape index (κ3) is 5.09. The van der Waals surface area contributed by atoms with Gasteiger partial charge in [0, 0.05) is 25.2 Å². The summed E-state index contributed by atoms with van der Waals surface area (Å²) >= 11 is 0. The first-order chi connectivity index (χ1) is 9.06. The lowest BCUT2D eigenvalue weighted by atomic mass is 10.2. The third-order valence-corrected chi connectivity index (χ3v) is 2.66. The molecular weight excluding hydrogens is 246 g/mol. The van der Waals surface area contributed by atoms with Crippen molar-refractivity contribution in [2.24, 2.45) is 5.73 Å². The van der Waals surface area contributed by atoms with E-state index < -0.39 is 0 Å². The van der Waals surface area contributed by atoms with E-state index in [9.17, 15) is 9.59 Å².